The molecule has 0 bridgehead atoms. The molecular weight excluding hydrogens is 226 g/mol. The smallest absolute Gasteiger partial charge is 0.211 e. The Morgan fingerprint density at radius 2 is 2.22 bits per heavy atom. The van der Waals surface area contributed by atoms with Crippen LogP contribution in [0.2, 0.25) is 0 Å². The summed E-state index contributed by atoms with van der Waals surface area (Å²) < 4.78 is 5.64. The van der Waals surface area contributed by atoms with Crippen LogP contribution in [0, 0.1) is 6.92 Å². The molecule has 1 aromatic carbocycles. The van der Waals surface area contributed by atoms with Gasteiger partial charge >= 0.3 is 0 Å². The molecule has 0 aliphatic carbocycles. The minimum atomic E-state index is 0.00546. The number of hydrogen-bond acceptors (Lipinski definition) is 3. The Bertz CT molecular complexity index is 557. The number of para-hydroxylation sites is 1. The molecular formula is C15H19NO2. The van der Waals surface area contributed by atoms with Gasteiger partial charge in [-0.25, -0.2) is 0 Å². The van der Waals surface area contributed by atoms with E-state index in [1.807, 2.05) is 31.2 Å². The first-order valence-corrected chi connectivity index (χ1v) is 6.37. The zero-order valence-corrected chi connectivity index (χ0v) is 11.1. The quantitative estimate of drug-likeness (QED) is 0.822. The average molecular weight is 245 g/mol. The minimum Gasteiger partial charge on any atom is -0.453 e. The summed E-state index contributed by atoms with van der Waals surface area (Å²) in [6, 6.07) is 8.09. The van der Waals surface area contributed by atoms with Crippen LogP contribution in [-0.4, -0.2) is 18.4 Å². The molecule has 0 saturated heterocycles. The fourth-order valence-corrected chi connectivity index (χ4v) is 1.84. The molecule has 0 radical (unpaired) electrons. The molecule has 1 unspecified atom stereocenters. The number of nitrogens with one attached hydrogen (secondary N) is 1. The molecule has 0 spiro atoms. The normalized spacial score (nSPS) is 12.8. The van der Waals surface area contributed by atoms with Gasteiger partial charge in [-0.3, -0.25) is 4.79 Å². The Labute approximate surface area is 107 Å². The fraction of sp³-hybridized carbons (Fsp3) is 0.400. The van der Waals surface area contributed by atoms with Crippen molar-refractivity contribution in [2.24, 2.45) is 0 Å². The van der Waals surface area contributed by atoms with E-state index in [4.69, 9.17) is 4.42 Å². The van der Waals surface area contributed by atoms with Crippen molar-refractivity contribution >= 4 is 16.8 Å². The van der Waals surface area contributed by atoms with E-state index in [0.29, 0.717) is 18.3 Å². The number of rotatable bonds is 5. The molecule has 0 aliphatic heterocycles. The topological polar surface area (TPSA) is 42.2 Å². The Morgan fingerprint density at radius 1 is 1.44 bits per heavy atom. The molecule has 96 valence electrons. The van der Waals surface area contributed by atoms with E-state index < -0.39 is 0 Å². The molecule has 1 aromatic heterocycles. The third-order valence-corrected chi connectivity index (χ3v) is 3.24. The van der Waals surface area contributed by atoms with Crippen LogP contribution >= 0.6 is 0 Å². The lowest BCUT2D eigenvalue weighted by molar-refractivity contribution is 0.0963. The van der Waals surface area contributed by atoms with Gasteiger partial charge in [0.15, 0.2) is 5.76 Å². The van der Waals surface area contributed by atoms with Crippen molar-refractivity contribution in [1.82, 2.24) is 5.32 Å². The third-order valence-electron chi connectivity index (χ3n) is 3.24. The number of fused-ring (bicyclic) bond motifs is 1. The monoisotopic (exact) mass is 245 g/mol. The van der Waals surface area contributed by atoms with Gasteiger partial charge in [0.1, 0.15) is 5.58 Å². The van der Waals surface area contributed by atoms with E-state index in [2.05, 4.69) is 19.2 Å². The lowest BCUT2D eigenvalue weighted by atomic mass is 10.1. The van der Waals surface area contributed by atoms with E-state index in [0.717, 1.165) is 23.0 Å². The summed E-state index contributed by atoms with van der Waals surface area (Å²) in [5, 5.41) is 4.17. The highest BCUT2D eigenvalue weighted by Crippen LogP contribution is 2.22. The van der Waals surface area contributed by atoms with Gasteiger partial charge in [-0.05, 0) is 31.9 Å². The molecule has 2 rings (SSSR count). The maximum atomic E-state index is 12.0. The van der Waals surface area contributed by atoms with Gasteiger partial charge in [0.05, 0.1) is 6.54 Å². The summed E-state index contributed by atoms with van der Waals surface area (Å²) in [6.07, 6.45) is 1.01. The van der Waals surface area contributed by atoms with Gasteiger partial charge < -0.3 is 9.73 Å². The van der Waals surface area contributed by atoms with Crippen LogP contribution in [0.15, 0.2) is 28.7 Å². The molecule has 1 N–H and O–H groups in total. The van der Waals surface area contributed by atoms with Crippen LogP contribution < -0.4 is 5.32 Å². The highest BCUT2D eigenvalue weighted by atomic mass is 16.3. The summed E-state index contributed by atoms with van der Waals surface area (Å²) in [4.78, 5) is 12.0. The molecule has 18 heavy (non-hydrogen) atoms. The van der Waals surface area contributed by atoms with Crippen molar-refractivity contribution in [3.63, 3.8) is 0 Å². The Hall–Kier alpha value is -1.61. The van der Waals surface area contributed by atoms with E-state index >= 15 is 0 Å². The largest absolute Gasteiger partial charge is 0.453 e. The standard InChI is InChI=1S/C15H19NO2/c1-4-11(3)16-9-13(17)14-8-12-7-5-6-10(2)15(12)18-14/h5-8,11,16H,4,9H2,1-3H3. The Balaban J connectivity index is 2.16. The molecule has 0 fully saturated rings. The number of ketones is 1. The number of furan rings is 1. The molecule has 2 aromatic rings. The third kappa shape index (κ3) is 2.62. The van der Waals surface area contributed by atoms with E-state index in [9.17, 15) is 4.79 Å². The van der Waals surface area contributed by atoms with Crippen molar-refractivity contribution in [2.75, 3.05) is 6.54 Å². The van der Waals surface area contributed by atoms with Crippen LogP contribution in [-0.2, 0) is 0 Å². The maximum Gasteiger partial charge on any atom is 0.211 e. The zero-order valence-electron chi connectivity index (χ0n) is 11.1. The molecule has 3 heteroatoms. The molecule has 0 saturated carbocycles. The van der Waals surface area contributed by atoms with Crippen molar-refractivity contribution in [3.8, 4) is 0 Å². The molecule has 0 aliphatic rings. The Morgan fingerprint density at radius 3 is 2.89 bits per heavy atom. The second kappa shape index (κ2) is 5.36. The number of Topliss-reactive ketones (excluding diaryl/α,β-unsaturated/α-hetero) is 1. The lowest BCUT2D eigenvalue weighted by Crippen LogP contribution is -2.30. The number of carbonyl (C=O) groups excluding carboxylic acids is 1. The van der Waals surface area contributed by atoms with Crippen molar-refractivity contribution in [3.05, 3.63) is 35.6 Å². The fourth-order valence-electron chi connectivity index (χ4n) is 1.84. The van der Waals surface area contributed by atoms with E-state index in [1.165, 1.54) is 0 Å². The molecule has 3 nitrogen and oxygen atoms in total. The van der Waals surface area contributed by atoms with Crippen molar-refractivity contribution in [1.29, 1.82) is 0 Å². The van der Waals surface area contributed by atoms with Crippen LogP contribution in [0.3, 0.4) is 0 Å². The van der Waals surface area contributed by atoms with Crippen molar-refractivity contribution < 1.29 is 9.21 Å². The van der Waals surface area contributed by atoms with E-state index in [-0.39, 0.29) is 5.78 Å². The average Bonchev–Trinajstić information content (AvgIpc) is 2.81. The summed E-state index contributed by atoms with van der Waals surface area (Å²) >= 11 is 0. The lowest BCUT2D eigenvalue weighted by Gasteiger charge is -2.08. The van der Waals surface area contributed by atoms with Crippen molar-refractivity contribution in [2.45, 2.75) is 33.2 Å². The highest BCUT2D eigenvalue weighted by Gasteiger charge is 2.13. The first kappa shape index (κ1) is 12.8. The molecule has 0 amide bonds. The predicted molar refractivity (Wildman–Crippen MR) is 73.0 cm³/mol. The number of hydrogen-bond donors (Lipinski definition) is 1. The highest BCUT2D eigenvalue weighted by molar-refractivity contribution is 5.99. The SMILES string of the molecule is CCC(C)NCC(=O)c1cc2cccc(C)c2o1. The first-order valence-electron chi connectivity index (χ1n) is 6.37. The number of carbonyl (C=O) groups is 1. The molecule has 1 atom stereocenters. The second-order valence-electron chi connectivity index (χ2n) is 4.72. The molecule has 1 heterocycles. The number of aryl methyl sites for hydroxylation is 1. The summed E-state index contributed by atoms with van der Waals surface area (Å²) in [5.74, 6) is 0.445. The van der Waals surface area contributed by atoms with Gasteiger partial charge in [-0.1, -0.05) is 25.1 Å². The van der Waals surface area contributed by atoms with Crippen LogP contribution in [0.25, 0.3) is 11.0 Å². The van der Waals surface area contributed by atoms with Crippen LogP contribution in [0.5, 0.6) is 0 Å². The minimum absolute atomic E-state index is 0.00546. The zero-order chi connectivity index (χ0) is 13.1. The first-order chi connectivity index (χ1) is 8.61. The van der Waals surface area contributed by atoms with Gasteiger partial charge in [0, 0.05) is 11.4 Å². The summed E-state index contributed by atoms with van der Waals surface area (Å²) in [5.41, 5.74) is 1.87. The van der Waals surface area contributed by atoms with E-state index in [1.54, 1.807) is 0 Å². The summed E-state index contributed by atoms with van der Waals surface area (Å²) in [7, 11) is 0. The van der Waals surface area contributed by atoms with Crippen LogP contribution in [0.1, 0.15) is 36.4 Å². The summed E-state index contributed by atoms with van der Waals surface area (Å²) in [6.45, 7) is 6.47. The van der Waals surface area contributed by atoms with Gasteiger partial charge in [-0.15, -0.1) is 0 Å². The maximum absolute atomic E-state index is 12.0. The van der Waals surface area contributed by atoms with Gasteiger partial charge in [-0.2, -0.15) is 0 Å². The Kier molecular flexibility index (Phi) is 3.82. The van der Waals surface area contributed by atoms with Gasteiger partial charge in [0.25, 0.3) is 0 Å². The van der Waals surface area contributed by atoms with Crippen LogP contribution in [0.4, 0.5) is 0 Å². The second-order valence-corrected chi connectivity index (χ2v) is 4.72. The predicted octanol–water partition coefficient (Wildman–Crippen LogP) is 3.31. The number of benzene rings is 1. The van der Waals surface area contributed by atoms with Gasteiger partial charge in [0.2, 0.25) is 5.78 Å².